The van der Waals surface area contributed by atoms with Crippen LogP contribution >= 0.6 is 0 Å². The summed E-state index contributed by atoms with van der Waals surface area (Å²) in [6, 6.07) is 9.24. The van der Waals surface area contributed by atoms with Crippen molar-refractivity contribution in [3.8, 4) is 0 Å². The predicted molar refractivity (Wildman–Crippen MR) is 87.1 cm³/mol. The second-order valence-electron chi connectivity index (χ2n) is 6.79. The first-order valence-corrected chi connectivity index (χ1v) is 8.07. The van der Waals surface area contributed by atoms with Gasteiger partial charge in [0.15, 0.2) is 0 Å². The fourth-order valence-corrected chi connectivity index (χ4v) is 3.11. The second kappa shape index (κ2) is 6.73. The van der Waals surface area contributed by atoms with Crippen LogP contribution < -0.4 is 5.32 Å². The molecular formula is C18H30N2. The van der Waals surface area contributed by atoms with E-state index in [0.717, 1.165) is 19.6 Å². The molecule has 1 fully saturated rings. The van der Waals surface area contributed by atoms with Gasteiger partial charge in [0.2, 0.25) is 0 Å². The van der Waals surface area contributed by atoms with Gasteiger partial charge in [-0.2, -0.15) is 0 Å². The lowest BCUT2D eigenvalue weighted by atomic mass is 9.98. The number of likely N-dealkylation sites (tertiary alicyclic amines) is 1. The van der Waals surface area contributed by atoms with Crippen molar-refractivity contribution in [2.45, 2.75) is 58.5 Å². The summed E-state index contributed by atoms with van der Waals surface area (Å²) in [5, 5.41) is 3.42. The highest BCUT2D eigenvalue weighted by atomic mass is 15.2. The third-order valence-corrected chi connectivity index (χ3v) is 4.70. The van der Waals surface area contributed by atoms with E-state index in [0.29, 0.717) is 11.5 Å². The molecule has 0 spiro atoms. The average molecular weight is 274 g/mol. The van der Waals surface area contributed by atoms with Gasteiger partial charge in [-0.3, -0.25) is 4.90 Å². The van der Waals surface area contributed by atoms with E-state index in [1.165, 1.54) is 30.5 Å². The van der Waals surface area contributed by atoms with Crippen LogP contribution in [0.3, 0.4) is 0 Å². The van der Waals surface area contributed by atoms with E-state index < -0.39 is 0 Å². The molecular weight excluding hydrogens is 244 g/mol. The Morgan fingerprint density at radius 2 is 1.95 bits per heavy atom. The molecule has 0 aliphatic carbocycles. The first kappa shape index (κ1) is 15.5. The standard InChI is InChI=1S/C18H30N2/c1-5-19-13-15(2)17-9-7-16(8-10-17)14-20-12-6-11-18(20,3)4/h7-10,15,19H,5-6,11-14H2,1-4H3. The van der Waals surface area contributed by atoms with E-state index in [1.54, 1.807) is 0 Å². The SMILES string of the molecule is CCNCC(C)c1ccc(CN2CCCC2(C)C)cc1. The zero-order valence-corrected chi connectivity index (χ0v) is 13.6. The Morgan fingerprint density at radius 1 is 1.25 bits per heavy atom. The van der Waals surface area contributed by atoms with Crippen molar-refractivity contribution in [2.24, 2.45) is 0 Å². The third-order valence-electron chi connectivity index (χ3n) is 4.70. The van der Waals surface area contributed by atoms with Gasteiger partial charge in [0.25, 0.3) is 0 Å². The lowest BCUT2D eigenvalue weighted by molar-refractivity contribution is 0.166. The van der Waals surface area contributed by atoms with Gasteiger partial charge in [-0.15, -0.1) is 0 Å². The highest BCUT2D eigenvalue weighted by Crippen LogP contribution is 2.29. The van der Waals surface area contributed by atoms with E-state index in [2.05, 4.69) is 62.2 Å². The van der Waals surface area contributed by atoms with Crippen molar-refractivity contribution in [1.82, 2.24) is 10.2 Å². The first-order valence-electron chi connectivity index (χ1n) is 8.07. The van der Waals surface area contributed by atoms with E-state index >= 15 is 0 Å². The van der Waals surface area contributed by atoms with Crippen LogP contribution in [-0.4, -0.2) is 30.1 Å². The van der Waals surface area contributed by atoms with Gasteiger partial charge in [-0.25, -0.2) is 0 Å². The summed E-state index contributed by atoms with van der Waals surface area (Å²) >= 11 is 0. The molecule has 1 aromatic rings. The molecule has 1 aromatic carbocycles. The predicted octanol–water partition coefficient (Wildman–Crippen LogP) is 3.77. The number of likely N-dealkylation sites (N-methyl/N-ethyl adjacent to an activating group) is 1. The Bertz CT molecular complexity index is 408. The largest absolute Gasteiger partial charge is 0.316 e. The molecule has 2 heteroatoms. The van der Waals surface area contributed by atoms with Crippen LogP contribution in [-0.2, 0) is 6.54 Å². The van der Waals surface area contributed by atoms with Crippen LogP contribution in [0.15, 0.2) is 24.3 Å². The highest BCUT2D eigenvalue weighted by molar-refractivity contribution is 5.25. The summed E-state index contributed by atoms with van der Waals surface area (Å²) in [5.74, 6) is 0.590. The van der Waals surface area contributed by atoms with Crippen molar-refractivity contribution in [1.29, 1.82) is 0 Å². The Balaban J connectivity index is 1.94. The lowest BCUT2D eigenvalue weighted by Gasteiger charge is -2.31. The summed E-state index contributed by atoms with van der Waals surface area (Å²) in [6.07, 6.45) is 2.66. The second-order valence-corrected chi connectivity index (χ2v) is 6.79. The van der Waals surface area contributed by atoms with Crippen LogP contribution in [0.1, 0.15) is 57.6 Å². The molecule has 0 saturated carbocycles. The lowest BCUT2D eigenvalue weighted by Crippen LogP contribution is -2.37. The van der Waals surface area contributed by atoms with Crippen LogP contribution in [0.2, 0.25) is 0 Å². The molecule has 1 N–H and O–H groups in total. The van der Waals surface area contributed by atoms with Crippen LogP contribution in [0.4, 0.5) is 0 Å². The Labute approximate surface area is 124 Å². The topological polar surface area (TPSA) is 15.3 Å². The molecule has 1 unspecified atom stereocenters. The first-order chi connectivity index (χ1) is 9.53. The molecule has 0 bridgehead atoms. The minimum absolute atomic E-state index is 0.372. The smallest absolute Gasteiger partial charge is 0.0239 e. The third kappa shape index (κ3) is 3.83. The summed E-state index contributed by atoms with van der Waals surface area (Å²) in [4.78, 5) is 2.62. The Morgan fingerprint density at radius 3 is 2.50 bits per heavy atom. The number of nitrogens with zero attached hydrogens (tertiary/aromatic N) is 1. The summed E-state index contributed by atoms with van der Waals surface area (Å²) in [5.41, 5.74) is 3.26. The molecule has 1 aliphatic rings. The molecule has 1 saturated heterocycles. The van der Waals surface area contributed by atoms with Gasteiger partial charge >= 0.3 is 0 Å². The van der Waals surface area contributed by atoms with E-state index in [4.69, 9.17) is 0 Å². The van der Waals surface area contributed by atoms with Crippen molar-refractivity contribution >= 4 is 0 Å². The molecule has 0 amide bonds. The fraction of sp³-hybridized carbons (Fsp3) is 0.667. The Hall–Kier alpha value is -0.860. The maximum Gasteiger partial charge on any atom is 0.0239 e. The molecule has 20 heavy (non-hydrogen) atoms. The average Bonchev–Trinajstić information content (AvgIpc) is 2.76. The number of benzene rings is 1. The van der Waals surface area contributed by atoms with Crippen molar-refractivity contribution in [3.05, 3.63) is 35.4 Å². The zero-order chi connectivity index (χ0) is 14.6. The molecule has 2 rings (SSSR count). The van der Waals surface area contributed by atoms with Gasteiger partial charge in [-0.05, 0) is 56.8 Å². The molecule has 1 heterocycles. The van der Waals surface area contributed by atoms with Gasteiger partial charge in [0, 0.05) is 18.6 Å². The van der Waals surface area contributed by atoms with Gasteiger partial charge in [0.1, 0.15) is 0 Å². The maximum atomic E-state index is 3.42. The fourth-order valence-electron chi connectivity index (χ4n) is 3.11. The molecule has 1 atom stereocenters. The van der Waals surface area contributed by atoms with Crippen molar-refractivity contribution < 1.29 is 0 Å². The van der Waals surface area contributed by atoms with Crippen LogP contribution in [0.25, 0.3) is 0 Å². The Kier molecular flexibility index (Phi) is 5.22. The van der Waals surface area contributed by atoms with E-state index in [9.17, 15) is 0 Å². The van der Waals surface area contributed by atoms with Gasteiger partial charge < -0.3 is 5.32 Å². The highest BCUT2D eigenvalue weighted by Gasteiger charge is 2.31. The summed E-state index contributed by atoms with van der Waals surface area (Å²) in [6.45, 7) is 13.6. The molecule has 2 nitrogen and oxygen atoms in total. The molecule has 0 aromatic heterocycles. The summed E-state index contributed by atoms with van der Waals surface area (Å²) < 4.78 is 0. The van der Waals surface area contributed by atoms with Crippen LogP contribution in [0, 0.1) is 0 Å². The number of rotatable bonds is 6. The molecule has 0 radical (unpaired) electrons. The van der Waals surface area contributed by atoms with Gasteiger partial charge in [-0.1, -0.05) is 38.1 Å². The van der Waals surface area contributed by atoms with Crippen molar-refractivity contribution in [2.75, 3.05) is 19.6 Å². The quantitative estimate of drug-likeness (QED) is 0.849. The maximum absolute atomic E-state index is 3.42. The van der Waals surface area contributed by atoms with Crippen LogP contribution in [0.5, 0.6) is 0 Å². The number of hydrogen-bond donors (Lipinski definition) is 1. The summed E-state index contributed by atoms with van der Waals surface area (Å²) in [7, 11) is 0. The monoisotopic (exact) mass is 274 g/mol. The van der Waals surface area contributed by atoms with Crippen molar-refractivity contribution in [3.63, 3.8) is 0 Å². The van der Waals surface area contributed by atoms with Gasteiger partial charge in [0.05, 0.1) is 0 Å². The molecule has 112 valence electrons. The normalized spacial score (nSPS) is 20.2. The number of hydrogen-bond acceptors (Lipinski definition) is 2. The minimum Gasteiger partial charge on any atom is -0.316 e. The zero-order valence-electron chi connectivity index (χ0n) is 13.6. The minimum atomic E-state index is 0.372. The van der Waals surface area contributed by atoms with E-state index in [1.807, 2.05) is 0 Å². The van der Waals surface area contributed by atoms with E-state index in [-0.39, 0.29) is 0 Å². The number of nitrogens with one attached hydrogen (secondary N) is 1. The molecule has 1 aliphatic heterocycles.